The fourth-order valence-corrected chi connectivity index (χ4v) is 1.49. The molecular weight excluding hydrogens is 219 g/mol. The molecule has 0 heterocycles. The molecule has 3 nitrogen and oxygen atoms in total. The number of halogens is 1. The molecule has 0 aliphatic heterocycles. The lowest BCUT2D eigenvalue weighted by atomic mass is 10.1. The summed E-state index contributed by atoms with van der Waals surface area (Å²) in [6.45, 7) is 3.54. The number of hydrogen-bond acceptors (Lipinski definition) is 2. The van der Waals surface area contributed by atoms with Crippen molar-refractivity contribution < 1.29 is 9.18 Å². The van der Waals surface area contributed by atoms with Crippen LogP contribution in [0.3, 0.4) is 0 Å². The molecule has 0 aliphatic carbocycles. The van der Waals surface area contributed by atoms with Gasteiger partial charge in [0.1, 0.15) is 11.9 Å². The highest BCUT2D eigenvalue weighted by atomic mass is 19.1. The molecule has 1 rings (SSSR count). The van der Waals surface area contributed by atoms with Crippen molar-refractivity contribution in [2.45, 2.75) is 32.7 Å². The number of amides is 1. The van der Waals surface area contributed by atoms with Crippen LogP contribution in [0.2, 0.25) is 0 Å². The molecule has 90 valence electrons. The Kier molecular flexibility index (Phi) is 4.65. The zero-order chi connectivity index (χ0) is 12.8. The highest BCUT2D eigenvalue weighted by Crippen LogP contribution is 2.09. The maximum Gasteiger partial charge on any atom is 0.252 e. The Labute approximate surface area is 100 Å². The van der Waals surface area contributed by atoms with E-state index < -0.39 is 6.04 Å². The molecule has 0 aromatic heterocycles. The van der Waals surface area contributed by atoms with E-state index >= 15 is 0 Å². The third-order valence-corrected chi connectivity index (χ3v) is 2.46. The van der Waals surface area contributed by atoms with Gasteiger partial charge in [-0.2, -0.15) is 5.26 Å². The Bertz CT molecular complexity index is 451. The van der Waals surface area contributed by atoms with Crippen LogP contribution in [0.4, 0.5) is 4.39 Å². The molecule has 1 aromatic carbocycles. The number of carbonyl (C=O) groups excluding carboxylic acids is 1. The number of hydrogen-bond donors (Lipinski definition) is 1. The van der Waals surface area contributed by atoms with Crippen LogP contribution in [-0.2, 0) is 0 Å². The van der Waals surface area contributed by atoms with Crippen LogP contribution in [0.5, 0.6) is 0 Å². The largest absolute Gasteiger partial charge is 0.336 e. The summed E-state index contributed by atoms with van der Waals surface area (Å²) in [6.07, 6.45) is 1.43. The molecule has 0 radical (unpaired) electrons. The van der Waals surface area contributed by atoms with Gasteiger partial charge in [-0.3, -0.25) is 4.79 Å². The highest BCUT2D eigenvalue weighted by Gasteiger charge is 2.12. The minimum absolute atomic E-state index is 0.340. The van der Waals surface area contributed by atoms with Crippen LogP contribution >= 0.6 is 0 Å². The van der Waals surface area contributed by atoms with Crippen LogP contribution in [0.25, 0.3) is 0 Å². The highest BCUT2D eigenvalue weighted by molar-refractivity contribution is 5.94. The van der Waals surface area contributed by atoms with E-state index in [-0.39, 0.29) is 11.7 Å². The first kappa shape index (κ1) is 13.2. The lowest BCUT2D eigenvalue weighted by Crippen LogP contribution is -2.33. The van der Waals surface area contributed by atoms with Crippen molar-refractivity contribution in [3.8, 4) is 6.07 Å². The first-order chi connectivity index (χ1) is 8.08. The van der Waals surface area contributed by atoms with Crippen molar-refractivity contribution in [2.24, 2.45) is 0 Å². The maximum atomic E-state index is 13.0. The summed E-state index contributed by atoms with van der Waals surface area (Å²) in [4.78, 5) is 11.8. The van der Waals surface area contributed by atoms with Crippen molar-refractivity contribution in [3.05, 3.63) is 35.1 Å². The first-order valence-corrected chi connectivity index (χ1v) is 5.55. The summed E-state index contributed by atoms with van der Waals surface area (Å²) >= 11 is 0. The molecule has 17 heavy (non-hydrogen) atoms. The number of nitrogens with one attached hydrogen (secondary N) is 1. The van der Waals surface area contributed by atoms with Gasteiger partial charge in [0.25, 0.3) is 5.91 Å². The third-order valence-electron chi connectivity index (χ3n) is 2.46. The van der Waals surface area contributed by atoms with Crippen molar-refractivity contribution >= 4 is 5.91 Å². The van der Waals surface area contributed by atoms with E-state index in [0.717, 1.165) is 6.42 Å². The molecule has 1 N–H and O–H groups in total. The van der Waals surface area contributed by atoms with Gasteiger partial charge in [0, 0.05) is 5.56 Å². The number of nitrogens with zero attached hydrogens (tertiary/aromatic N) is 1. The molecule has 1 atom stereocenters. The number of nitriles is 1. The Balaban J connectivity index is 2.76. The second kappa shape index (κ2) is 6.00. The fourth-order valence-electron chi connectivity index (χ4n) is 1.49. The van der Waals surface area contributed by atoms with Crippen molar-refractivity contribution in [2.75, 3.05) is 0 Å². The molecule has 0 fully saturated rings. The van der Waals surface area contributed by atoms with Gasteiger partial charge in [-0.25, -0.2) is 4.39 Å². The average Bonchev–Trinajstić information content (AvgIpc) is 2.31. The molecule has 1 unspecified atom stereocenters. The Morgan fingerprint density at radius 1 is 1.59 bits per heavy atom. The van der Waals surface area contributed by atoms with Gasteiger partial charge >= 0.3 is 0 Å². The van der Waals surface area contributed by atoms with Gasteiger partial charge in [0.15, 0.2) is 0 Å². The van der Waals surface area contributed by atoms with Gasteiger partial charge in [0.05, 0.1) is 6.07 Å². The van der Waals surface area contributed by atoms with Gasteiger partial charge in [-0.05, 0) is 37.1 Å². The molecule has 4 heteroatoms. The molecule has 0 aliphatic rings. The molecule has 1 aromatic rings. The zero-order valence-electron chi connectivity index (χ0n) is 9.96. The summed E-state index contributed by atoms with van der Waals surface area (Å²) in [5.41, 5.74) is 0.793. The third kappa shape index (κ3) is 3.56. The number of aryl methyl sites for hydroxylation is 1. The van der Waals surface area contributed by atoms with Crippen LogP contribution in [0.1, 0.15) is 35.7 Å². The molecule has 0 spiro atoms. The Morgan fingerprint density at radius 3 is 2.82 bits per heavy atom. The summed E-state index contributed by atoms with van der Waals surface area (Å²) in [6, 6.07) is 5.68. The summed E-state index contributed by atoms with van der Waals surface area (Å²) < 4.78 is 13.0. The summed E-state index contributed by atoms with van der Waals surface area (Å²) in [5, 5.41) is 11.4. The van der Waals surface area contributed by atoms with E-state index in [2.05, 4.69) is 5.32 Å². The van der Waals surface area contributed by atoms with E-state index in [1.54, 1.807) is 6.92 Å². The minimum Gasteiger partial charge on any atom is -0.336 e. The monoisotopic (exact) mass is 234 g/mol. The van der Waals surface area contributed by atoms with Crippen LogP contribution < -0.4 is 5.32 Å². The fraction of sp³-hybridized carbons (Fsp3) is 0.385. The van der Waals surface area contributed by atoms with Gasteiger partial charge < -0.3 is 5.32 Å². The summed E-state index contributed by atoms with van der Waals surface area (Å²) in [7, 11) is 0. The van der Waals surface area contributed by atoms with Gasteiger partial charge in [0.2, 0.25) is 0 Å². The second-order valence-electron chi connectivity index (χ2n) is 3.91. The van der Waals surface area contributed by atoms with Gasteiger partial charge in [-0.1, -0.05) is 13.3 Å². The average molecular weight is 234 g/mol. The van der Waals surface area contributed by atoms with E-state index in [4.69, 9.17) is 5.26 Å². The van der Waals surface area contributed by atoms with Crippen LogP contribution in [-0.4, -0.2) is 11.9 Å². The predicted molar refractivity (Wildman–Crippen MR) is 62.9 cm³/mol. The second-order valence-corrected chi connectivity index (χ2v) is 3.91. The Hall–Kier alpha value is -1.89. The lowest BCUT2D eigenvalue weighted by Gasteiger charge is -2.10. The maximum absolute atomic E-state index is 13.0. The molecule has 0 bridgehead atoms. The zero-order valence-corrected chi connectivity index (χ0v) is 9.96. The van der Waals surface area contributed by atoms with Crippen LogP contribution in [0, 0.1) is 24.1 Å². The number of rotatable bonds is 4. The smallest absolute Gasteiger partial charge is 0.252 e. The normalized spacial score (nSPS) is 11.6. The molecule has 0 saturated heterocycles. The standard InChI is InChI=1S/C13H15FN2O/c1-3-4-11(8-15)16-13(17)10-5-6-12(14)9(2)7-10/h5-7,11H,3-4H2,1-2H3,(H,16,17). The van der Waals surface area contributed by atoms with E-state index in [1.165, 1.54) is 18.2 Å². The molecular formula is C13H15FN2O. The van der Waals surface area contributed by atoms with E-state index in [9.17, 15) is 9.18 Å². The number of carbonyl (C=O) groups is 1. The van der Waals surface area contributed by atoms with Crippen molar-refractivity contribution in [1.29, 1.82) is 5.26 Å². The topological polar surface area (TPSA) is 52.9 Å². The quantitative estimate of drug-likeness (QED) is 0.870. The first-order valence-electron chi connectivity index (χ1n) is 5.55. The van der Waals surface area contributed by atoms with Crippen molar-refractivity contribution in [1.82, 2.24) is 5.32 Å². The predicted octanol–water partition coefficient (Wildman–Crippen LogP) is 2.56. The SMILES string of the molecule is CCCC(C#N)NC(=O)c1ccc(F)c(C)c1. The Morgan fingerprint density at radius 2 is 2.29 bits per heavy atom. The number of benzene rings is 1. The van der Waals surface area contributed by atoms with Gasteiger partial charge in [-0.15, -0.1) is 0 Å². The lowest BCUT2D eigenvalue weighted by molar-refractivity contribution is 0.0943. The molecule has 0 saturated carbocycles. The van der Waals surface area contributed by atoms with E-state index in [0.29, 0.717) is 17.5 Å². The van der Waals surface area contributed by atoms with Crippen molar-refractivity contribution in [3.63, 3.8) is 0 Å². The van der Waals surface area contributed by atoms with Crippen LogP contribution in [0.15, 0.2) is 18.2 Å². The summed E-state index contributed by atoms with van der Waals surface area (Å²) in [5.74, 6) is -0.681. The minimum atomic E-state index is -0.488. The van der Waals surface area contributed by atoms with E-state index in [1.807, 2.05) is 13.0 Å². The molecule has 1 amide bonds.